The molecule has 19 heavy (non-hydrogen) atoms. The van der Waals surface area contributed by atoms with Gasteiger partial charge in [-0.15, -0.1) is 11.8 Å². The summed E-state index contributed by atoms with van der Waals surface area (Å²) in [6.45, 7) is 2.20. The molecule has 2 N–H and O–H groups in total. The molecule has 4 heteroatoms. The van der Waals surface area contributed by atoms with Crippen LogP contribution in [0.25, 0.3) is 0 Å². The second-order valence-electron chi connectivity index (χ2n) is 4.91. The number of anilines is 1. The Hall–Kier alpha value is -1.16. The van der Waals surface area contributed by atoms with Crippen LogP contribution in [0.15, 0.2) is 23.1 Å². The highest BCUT2D eigenvalue weighted by atomic mass is 32.2. The van der Waals surface area contributed by atoms with Gasteiger partial charge in [-0.2, -0.15) is 0 Å². The SMILES string of the molecule is CCOC(=O)c1cccc(N)c1SCC1CCCC1. The maximum atomic E-state index is 11.9. The van der Waals surface area contributed by atoms with E-state index in [1.807, 2.05) is 13.0 Å². The highest BCUT2D eigenvalue weighted by Gasteiger charge is 2.19. The first-order valence-electron chi connectivity index (χ1n) is 6.90. The average molecular weight is 279 g/mol. The van der Waals surface area contributed by atoms with Gasteiger partial charge >= 0.3 is 5.97 Å². The smallest absolute Gasteiger partial charge is 0.339 e. The van der Waals surface area contributed by atoms with Gasteiger partial charge in [-0.3, -0.25) is 0 Å². The van der Waals surface area contributed by atoms with Gasteiger partial charge in [0.1, 0.15) is 0 Å². The fraction of sp³-hybridized carbons (Fsp3) is 0.533. The Morgan fingerprint density at radius 2 is 2.16 bits per heavy atom. The second-order valence-corrected chi connectivity index (χ2v) is 5.94. The highest BCUT2D eigenvalue weighted by molar-refractivity contribution is 7.99. The Morgan fingerprint density at radius 1 is 1.42 bits per heavy atom. The number of nitrogen functional groups attached to an aromatic ring is 1. The molecule has 0 unspecified atom stereocenters. The number of thioether (sulfide) groups is 1. The van der Waals surface area contributed by atoms with Crippen LogP contribution in [0.3, 0.4) is 0 Å². The van der Waals surface area contributed by atoms with Crippen molar-refractivity contribution >= 4 is 23.4 Å². The van der Waals surface area contributed by atoms with Crippen LogP contribution in [-0.2, 0) is 4.74 Å². The van der Waals surface area contributed by atoms with E-state index < -0.39 is 0 Å². The number of carbonyl (C=O) groups excluding carboxylic acids is 1. The summed E-state index contributed by atoms with van der Waals surface area (Å²) in [5.41, 5.74) is 7.29. The van der Waals surface area contributed by atoms with Crippen LogP contribution in [-0.4, -0.2) is 18.3 Å². The van der Waals surface area contributed by atoms with Gasteiger partial charge in [-0.1, -0.05) is 18.9 Å². The number of carbonyl (C=O) groups is 1. The number of benzene rings is 1. The molecule has 1 saturated carbocycles. The first-order valence-corrected chi connectivity index (χ1v) is 7.89. The fourth-order valence-electron chi connectivity index (χ4n) is 2.46. The third-order valence-corrected chi connectivity index (χ3v) is 4.86. The standard InChI is InChI=1S/C15H21NO2S/c1-2-18-15(17)12-8-5-9-13(16)14(12)19-10-11-6-3-4-7-11/h5,8-9,11H,2-4,6-7,10,16H2,1H3. The predicted molar refractivity (Wildman–Crippen MR) is 79.5 cm³/mol. The molecule has 0 radical (unpaired) electrons. The minimum Gasteiger partial charge on any atom is -0.462 e. The van der Waals surface area contributed by atoms with Crippen molar-refractivity contribution in [3.63, 3.8) is 0 Å². The summed E-state index contributed by atoms with van der Waals surface area (Å²) < 4.78 is 5.09. The molecule has 1 aromatic carbocycles. The normalized spacial score (nSPS) is 15.6. The number of hydrogen-bond donors (Lipinski definition) is 1. The molecule has 0 aliphatic heterocycles. The van der Waals surface area contributed by atoms with Crippen molar-refractivity contribution in [1.29, 1.82) is 0 Å². The van der Waals surface area contributed by atoms with Crippen LogP contribution >= 0.6 is 11.8 Å². The topological polar surface area (TPSA) is 52.3 Å². The van der Waals surface area contributed by atoms with Gasteiger partial charge in [0.25, 0.3) is 0 Å². The second kappa shape index (κ2) is 6.85. The Kier molecular flexibility index (Phi) is 5.14. The molecule has 0 saturated heterocycles. The minimum atomic E-state index is -0.274. The predicted octanol–water partition coefficient (Wildman–Crippen LogP) is 3.73. The maximum Gasteiger partial charge on any atom is 0.339 e. The molecule has 1 aliphatic carbocycles. The van der Waals surface area contributed by atoms with Gasteiger partial charge in [-0.25, -0.2) is 4.79 Å². The first-order chi connectivity index (χ1) is 9.22. The van der Waals surface area contributed by atoms with Gasteiger partial charge in [-0.05, 0) is 37.8 Å². The van der Waals surface area contributed by atoms with E-state index >= 15 is 0 Å². The minimum absolute atomic E-state index is 0.274. The molecule has 0 bridgehead atoms. The third-order valence-electron chi connectivity index (χ3n) is 3.48. The summed E-state index contributed by atoms with van der Waals surface area (Å²) in [4.78, 5) is 12.8. The lowest BCUT2D eigenvalue weighted by Gasteiger charge is -2.13. The molecule has 104 valence electrons. The molecule has 2 rings (SSSR count). The largest absolute Gasteiger partial charge is 0.462 e. The monoisotopic (exact) mass is 279 g/mol. The van der Waals surface area contributed by atoms with Crippen molar-refractivity contribution in [1.82, 2.24) is 0 Å². The maximum absolute atomic E-state index is 11.9. The van der Waals surface area contributed by atoms with Crippen LogP contribution < -0.4 is 5.73 Å². The highest BCUT2D eigenvalue weighted by Crippen LogP contribution is 2.35. The summed E-state index contributed by atoms with van der Waals surface area (Å²) in [5, 5.41) is 0. The molecule has 0 spiro atoms. The zero-order valence-corrected chi connectivity index (χ0v) is 12.2. The Balaban J connectivity index is 2.10. The van der Waals surface area contributed by atoms with Crippen LogP contribution in [0.5, 0.6) is 0 Å². The Morgan fingerprint density at radius 3 is 2.84 bits per heavy atom. The van der Waals surface area contributed by atoms with Gasteiger partial charge in [0, 0.05) is 16.3 Å². The molecule has 1 fully saturated rings. The molecular weight excluding hydrogens is 258 g/mol. The molecule has 0 amide bonds. The summed E-state index contributed by atoms with van der Waals surface area (Å²) in [6, 6.07) is 5.45. The number of rotatable bonds is 5. The van der Waals surface area contributed by atoms with Crippen molar-refractivity contribution in [2.45, 2.75) is 37.5 Å². The van der Waals surface area contributed by atoms with Crippen molar-refractivity contribution in [2.24, 2.45) is 5.92 Å². The quantitative estimate of drug-likeness (QED) is 0.507. The van der Waals surface area contributed by atoms with Crippen molar-refractivity contribution in [3.05, 3.63) is 23.8 Å². The number of esters is 1. The van der Waals surface area contributed by atoms with E-state index in [2.05, 4.69) is 0 Å². The fourth-order valence-corrected chi connectivity index (χ4v) is 3.74. The zero-order valence-electron chi connectivity index (χ0n) is 11.4. The molecular formula is C15H21NO2S. The Bertz CT molecular complexity index is 442. The lowest BCUT2D eigenvalue weighted by Crippen LogP contribution is -2.08. The lowest BCUT2D eigenvalue weighted by atomic mass is 10.1. The van der Waals surface area contributed by atoms with Crippen molar-refractivity contribution in [3.8, 4) is 0 Å². The third kappa shape index (κ3) is 3.66. The molecule has 3 nitrogen and oxygen atoms in total. The van der Waals surface area contributed by atoms with Gasteiger partial charge in [0.05, 0.1) is 12.2 Å². The van der Waals surface area contributed by atoms with E-state index in [1.165, 1.54) is 25.7 Å². The van der Waals surface area contributed by atoms with E-state index in [0.717, 1.165) is 16.6 Å². The molecule has 1 aromatic rings. The molecule has 1 aliphatic rings. The zero-order chi connectivity index (χ0) is 13.7. The summed E-state index contributed by atoms with van der Waals surface area (Å²) >= 11 is 1.70. The average Bonchev–Trinajstić information content (AvgIpc) is 2.90. The van der Waals surface area contributed by atoms with E-state index in [0.29, 0.717) is 17.9 Å². The van der Waals surface area contributed by atoms with Crippen LogP contribution in [0.4, 0.5) is 5.69 Å². The lowest BCUT2D eigenvalue weighted by molar-refractivity contribution is 0.0522. The van der Waals surface area contributed by atoms with E-state index in [9.17, 15) is 4.79 Å². The van der Waals surface area contributed by atoms with Crippen LogP contribution in [0.2, 0.25) is 0 Å². The van der Waals surface area contributed by atoms with Crippen molar-refractivity contribution in [2.75, 3.05) is 18.1 Å². The van der Waals surface area contributed by atoms with E-state index in [-0.39, 0.29) is 5.97 Å². The summed E-state index contributed by atoms with van der Waals surface area (Å²) in [7, 11) is 0. The van der Waals surface area contributed by atoms with Gasteiger partial charge in [0.2, 0.25) is 0 Å². The Labute approximate surface area is 118 Å². The van der Waals surface area contributed by atoms with E-state index in [1.54, 1.807) is 23.9 Å². The number of hydrogen-bond acceptors (Lipinski definition) is 4. The number of ether oxygens (including phenoxy) is 1. The summed E-state index contributed by atoms with van der Waals surface area (Å²) in [6.07, 6.45) is 5.27. The molecule has 0 atom stereocenters. The van der Waals surface area contributed by atoms with Gasteiger partial charge < -0.3 is 10.5 Å². The number of nitrogens with two attached hydrogens (primary N) is 1. The van der Waals surface area contributed by atoms with Crippen molar-refractivity contribution < 1.29 is 9.53 Å². The van der Waals surface area contributed by atoms with Crippen LogP contribution in [0.1, 0.15) is 43.0 Å². The molecule has 0 aromatic heterocycles. The van der Waals surface area contributed by atoms with Gasteiger partial charge in [0.15, 0.2) is 0 Å². The van der Waals surface area contributed by atoms with Crippen LogP contribution in [0, 0.1) is 5.92 Å². The first kappa shape index (κ1) is 14.3. The summed E-state index contributed by atoms with van der Waals surface area (Å²) in [5.74, 6) is 1.53. The van der Waals surface area contributed by atoms with E-state index in [4.69, 9.17) is 10.5 Å². The molecule has 0 heterocycles.